The number of ether oxygens (including phenoxy) is 1. The van der Waals surface area contributed by atoms with Crippen molar-refractivity contribution in [3.63, 3.8) is 0 Å². The van der Waals surface area contributed by atoms with E-state index in [0.29, 0.717) is 6.54 Å². The highest BCUT2D eigenvalue weighted by molar-refractivity contribution is 5.94. The minimum Gasteiger partial charge on any atom is -0.466 e. The van der Waals surface area contributed by atoms with Crippen LogP contribution in [0, 0.1) is 0 Å². The Balaban J connectivity index is 2.28. The lowest BCUT2D eigenvalue weighted by Gasteiger charge is -2.04. The smallest absolute Gasteiger partial charge is 0.315 e. The zero-order valence-corrected chi connectivity index (χ0v) is 9.10. The zero-order chi connectivity index (χ0) is 11.8. The summed E-state index contributed by atoms with van der Waals surface area (Å²) in [5, 5.41) is 2.62. The van der Waals surface area contributed by atoms with Crippen LogP contribution in [0.15, 0.2) is 24.5 Å². The van der Waals surface area contributed by atoms with Gasteiger partial charge < -0.3 is 10.1 Å². The SMILES string of the molecule is CCOC(=O)CC(=O)NCc1ccncc1. The fourth-order valence-corrected chi connectivity index (χ4v) is 1.11. The summed E-state index contributed by atoms with van der Waals surface area (Å²) in [6.07, 6.45) is 3.05. The second-order valence-corrected chi connectivity index (χ2v) is 3.11. The summed E-state index contributed by atoms with van der Waals surface area (Å²) < 4.78 is 4.65. The van der Waals surface area contributed by atoms with E-state index in [4.69, 9.17) is 0 Å². The van der Waals surface area contributed by atoms with Gasteiger partial charge in [0, 0.05) is 18.9 Å². The maximum atomic E-state index is 11.3. The molecule has 0 radical (unpaired) electrons. The molecular weight excluding hydrogens is 208 g/mol. The Morgan fingerprint density at radius 3 is 2.69 bits per heavy atom. The third kappa shape index (κ3) is 4.54. The van der Waals surface area contributed by atoms with Crippen LogP contribution in [0.3, 0.4) is 0 Å². The number of aromatic nitrogens is 1. The van der Waals surface area contributed by atoms with E-state index in [9.17, 15) is 9.59 Å². The molecule has 0 aromatic carbocycles. The van der Waals surface area contributed by atoms with Gasteiger partial charge in [-0.15, -0.1) is 0 Å². The Morgan fingerprint density at radius 2 is 2.06 bits per heavy atom. The second-order valence-electron chi connectivity index (χ2n) is 3.11. The molecule has 0 fully saturated rings. The molecule has 0 aliphatic heterocycles. The van der Waals surface area contributed by atoms with Gasteiger partial charge >= 0.3 is 5.97 Å². The molecule has 0 aliphatic carbocycles. The molecule has 0 saturated carbocycles. The van der Waals surface area contributed by atoms with Crippen molar-refractivity contribution in [1.82, 2.24) is 10.3 Å². The molecule has 5 nitrogen and oxygen atoms in total. The third-order valence-corrected chi connectivity index (χ3v) is 1.85. The molecule has 1 N–H and O–H groups in total. The molecule has 0 spiro atoms. The van der Waals surface area contributed by atoms with Gasteiger partial charge in [0.05, 0.1) is 6.61 Å². The van der Waals surface area contributed by atoms with E-state index in [1.54, 1.807) is 31.5 Å². The summed E-state index contributed by atoms with van der Waals surface area (Å²) in [6.45, 7) is 2.38. The Bertz CT molecular complexity index is 352. The lowest BCUT2D eigenvalue weighted by molar-refractivity contribution is -0.146. The summed E-state index contributed by atoms with van der Waals surface area (Å²) in [4.78, 5) is 26.1. The van der Waals surface area contributed by atoms with Crippen molar-refractivity contribution >= 4 is 11.9 Å². The molecular formula is C11H14N2O3. The van der Waals surface area contributed by atoms with Gasteiger partial charge in [0.25, 0.3) is 0 Å². The van der Waals surface area contributed by atoms with Crippen LogP contribution in [0.4, 0.5) is 0 Å². The van der Waals surface area contributed by atoms with Gasteiger partial charge in [-0.1, -0.05) is 0 Å². The predicted octanol–water partition coefficient (Wildman–Crippen LogP) is 0.651. The first-order chi connectivity index (χ1) is 7.72. The van der Waals surface area contributed by atoms with Crippen molar-refractivity contribution in [2.45, 2.75) is 19.9 Å². The van der Waals surface area contributed by atoms with Gasteiger partial charge in [-0.3, -0.25) is 14.6 Å². The fraction of sp³-hybridized carbons (Fsp3) is 0.364. The Kier molecular flexibility index (Phi) is 4.98. The summed E-state index contributed by atoms with van der Waals surface area (Å²) in [7, 11) is 0. The van der Waals surface area contributed by atoms with E-state index in [2.05, 4.69) is 15.0 Å². The second kappa shape index (κ2) is 6.55. The molecule has 16 heavy (non-hydrogen) atoms. The topological polar surface area (TPSA) is 68.3 Å². The number of nitrogens with one attached hydrogen (secondary N) is 1. The number of pyridine rings is 1. The van der Waals surface area contributed by atoms with Crippen molar-refractivity contribution in [2.24, 2.45) is 0 Å². The summed E-state index contributed by atoms with van der Waals surface area (Å²) in [5.74, 6) is -0.843. The van der Waals surface area contributed by atoms with E-state index >= 15 is 0 Å². The quantitative estimate of drug-likeness (QED) is 0.586. The highest BCUT2D eigenvalue weighted by Gasteiger charge is 2.09. The number of hydrogen-bond donors (Lipinski definition) is 1. The van der Waals surface area contributed by atoms with E-state index in [1.165, 1.54) is 0 Å². The molecule has 0 bridgehead atoms. The lowest BCUT2D eigenvalue weighted by Crippen LogP contribution is -2.26. The Labute approximate surface area is 93.8 Å². The van der Waals surface area contributed by atoms with Crippen molar-refractivity contribution in [3.8, 4) is 0 Å². The molecule has 1 aromatic rings. The summed E-state index contributed by atoms with van der Waals surface area (Å²) in [6, 6.07) is 3.59. The molecule has 1 amide bonds. The fourth-order valence-electron chi connectivity index (χ4n) is 1.11. The number of carbonyl (C=O) groups is 2. The molecule has 1 rings (SSSR count). The largest absolute Gasteiger partial charge is 0.466 e. The Morgan fingerprint density at radius 1 is 1.38 bits per heavy atom. The van der Waals surface area contributed by atoms with Crippen molar-refractivity contribution in [3.05, 3.63) is 30.1 Å². The summed E-state index contributed by atoms with van der Waals surface area (Å²) >= 11 is 0. The average Bonchev–Trinajstić information content (AvgIpc) is 2.28. The van der Waals surface area contributed by atoms with Gasteiger partial charge in [0.1, 0.15) is 6.42 Å². The first-order valence-electron chi connectivity index (χ1n) is 5.03. The average molecular weight is 222 g/mol. The van der Waals surface area contributed by atoms with Gasteiger partial charge in [-0.25, -0.2) is 0 Å². The van der Waals surface area contributed by atoms with Crippen LogP contribution in [0.2, 0.25) is 0 Å². The standard InChI is InChI=1S/C11H14N2O3/c1-2-16-11(15)7-10(14)13-8-9-3-5-12-6-4-9/h3-6H,2,7-8H2,1H3,(H,13,14). The number of amides is 1. The lowest BCUT2D eigenvalue weighted by atomic mass is 10.2. The number of hydrogen-bond acceptors (Lipinski definition) is 4. The molecule has 0 atom stereocenters. The van der Waals surface area contributed by atoms with E-state index < -0.39 is 5.97 Å². The maximum absolute atomic E-state index is 11.3. The van der Waals surface area contributed by atoms with Gasteiger partial charge in [0.15, 0.2) is 0 Å². The van der Waals surface area contributed by atoms with E-state index in [0.717, 1.165) is 5.56 Å². The highest BCUT2D eigenvalue weighted by Crippen LogP contribution is 1.95. The van der Waals surface area contributed by atoms with Crippen molar-refractivity contribution < 1.29 is 14.3 Å². The van der Waals surface area contributed by atoms with E-state index in [1.807, 2.05) is 0 Å². The molecule has 5 heteroatoms. The zero-order valence-electron chi connectivity index (χ0n) is 9.10. The molecule has 0 unspecified atom stereocenters. The van der Waals surface area contributed by atoms with Gasteiger partial charge in [-0.05, 0) is 24.6 Å². The molecule has 0 saturated heterocycles. The first kappa shape index (κ1) is 12.2. The van der Waals surface area contributed by atoms with Crippen LogP contribution in [-0.2, 0) is 20.9 Å². The molecule has 86 valence electrons. The molecule has 1 heterocycles. The Hall–Kier alpha value is -1.91. The number of esters is 1. The minimum absolute atomic E-state index is 0.237. The van der Waals surface area contributed by atoms with Gasteiger partial charge in [-0.2, -0.15) is 0 Å². The third-order valence-electron chi connectivity index (χ3n) is 1.85. The first-order valence-corrected chi connectivity index (χ1v) is 5.03. The minimum atomic E-state index is -0.505. The number of carbonyl (C=O) groups excluding carboxylic acids is 2. The highest BCUT2D eigenvalue weighted by atomic mass is 16.5. The molecule has 0 aliphatic rings. The van der Waals surface area contributed by atoms with Crippen LogP contribution in [0.1, 0.15) is 18.9 Å². The normalized spacial score (nSPS) is 9.56. The van der Waals surface area contributed by atoms with Crippen LogP contribution < -0.4 is 5.32 Å². The number of nitrogens with zero attached hydrogens (tertiary/aromatic N) is 1. The van der Waals surface area contributed by atoms with Crippen LogP contribution in [0.5, 0.6) is 0 Å². The predicted molar refractivity (Wildman–Crippen MR) is 57.3 cm³/mol. The van der Waals surface area contributed by atoms with Crippen LogP contribution in [0.25, 0.3) is 0 Å². The molecule has 1 aromatic heterocycles. The van der Waals surface area contributed by atoms with Crippen molar-refractivity contribution in [2.75, 3.05) is 6.61 Å². The summed E-state index contributed by atoms with van der Waals surface area (Å²) in [5.41, 5.74) is 0.937. The van der Waals surface area contributed by atoms with Crippen LogP contribution in [-0.4, -0.2) is 23.5 Å². The van der Waals surface area contributed by atoms with Crippen LogP contribution >= 0.6 is 0 Å². The van der Waals surface area contributed by atoms with E-state index in [-0.39, 0.29) is 18.9 Å². The number of rotatable bonds is 5. The monoisotopic (exact) mass is 222 g/mol. The van der Waals surface area contributed by atoms with Gasteiger partial charge in [0.2, 0.25) is 5.91 Å². The maximum Gasteiger partial charge on any atom is 0.315 e. The van der Waals surface area contributed by atoms with Crippen molar-refractivity contribution in [1.29, 1.82) is 0 Å².